The van der Waals surface area contributed by atoms with Gasteiger partial charge in [0.15, 0.2) is 0 Å². The zero-order valence-corrected chi connectivity index (χ0v) is 21.4. The molecule has 0 aliphatic carbocycles. The van der Waals surface area contributed by atoms with Gasteiger partial charge >= 0.3 is 0 Å². The van der Waals surface area contributed by atoms with E-state index in [-0.39, 0.29) is 5.54 Å². The van der Waals surface area contributed by atoms with E-state index in [1.165, 1.54) is 5.69 Å². The van der Waals surface area contributed by atoms with Crippen molar-refractivity contribution in [3.63, 3.8) is 0 Å². The number of aromatic nitrogens is 4. The van der Waals surface area contributed by atoms with Crippen LogP contribution in [-0.2, 0) is 0 Å². The Morgan fingerprint density at radius 3 is 1.97 bits per heavy atom. The third kappa shape index (κ3) is 4.54. The van der Waals surface area contributed by atoms with Gasteiger partial charge in [0.1, 0.15) is 11.6 Å². The van der Waals surface area contributed by atoms with Crippen LogP contribution in [0.25, 0.3) is 44.8 Å². The van der Waals surface area contributed by atoms with Gasteiger partial charge in [0.25, 0.3) is 0 Å². The van der Waals surface area contributed by atoms with Crippen LogP contribution in [0, 0.1) is 0 Å². The maximum atomic E-state index is 4.87. The van der Waals surface area contributed by atoms with Crippen LogP contribution in [-0.4, -0.2) is 63.6 Å². The average molecular weight is 480 g/mol. The summed E-state index contributed by atoms with van der Waals surface area (Å²) in [6.07, 6.45) is 0. The van der Waals surface area contributed by atoms with Crippen LogP contribution in [0.15, 0.2) is 60.7 Å². The van der Waals surface area contributed by atoms with Gasteiger partial charge in [0.2, 0.25) is 0 Å². The number of benzene rings is 3. The van der Waals surface area contributed by atoms with Gasteiger partial charge in [-0.05, 0) is 88.5 Å². The van der Waals surface area contributed by atoms with Gasteiger partial charge in [-0.2, -0.15) is 0 Å². The molecule has 1 aliphatic heterocycles. The molecular weight excluding hydrogens is 446 g/mol. The van der Waals surface area contributed by atoms with Gasteiger partial charge in [-0.15, -0.1) is 0 Å². The maximum Gasteiger partial charge on any atom is 0.138 e. The lowest BCUT2D eigenvalue weighted by Gasteiger charge is -2.34. The molecule has 184 valence electrons. The lowest BCUT2D eigenvalue weighted by molar-refractivity contribution is 0.313. The zero-order valence-electron chi connectivity index (χ0n) is 21.4. The first-order valence-corrected chi connectivity index (χ1v) is 12.6. The highest BCUT2D eigenvalue weighted by molar-refractivity contribution is 5.87. The van der Waals surface area contributed by atoms with Crippen molar-refractivity contribution in [3.8, 4) is 22.8 Å². The number of aromatic amines is 2. The minimum Gasteiger partial charge on any atom is -0.380 e. The molecule has 6 rings (SSSR count). The Hall–Kier alpha value is -3.84. The van der Waals surface area contributed by atoms with E-state index in [1.807, 2.05) is 0 Å². The average Bonchev–Trinajstić information content (AvgIpc) is 3.47. The highest BCUT2D eigenvalue weighted by Gasteiger charge is 2.16. The highest BCUT2D eigenvalue weighted by Crippen LogP contribution is 2.29. The molecule has 1 saturated heterocycles. The van der Waals surface area contributed by atoms with Crippen molar-refractivity contribution in [2.75, 3.05) is 43.4 Å². The van der Waals surface area contributed by atoms with Crippen molar-refractivity contribution in [2.45, 2.75) is 26.3 Å². The second-order valence-corrected chi connectivity index (χ2v) is 10.8. The fourth-order valence-electron chi connectivity index (χ4n) is 4.83. The monoisotopic (exact) mass is 479 g/mol. The zero-order chi connectivity index (χ0) is 24.9. The molecule has 5 aromatic rings. The Bertz CT molecular complexity index is 1510. The first kappa shape index (κ1) is 22.6. The van der Waals surface area contributed by atoms with E-state index in [2.05, 4.69) is 114 Å². The molecule has 0 atom stereocenters. The summed E-state index contributed by atoms with van der Waals surface area (Å²) in [6, 6.07) is 21.2. The van der Waals surface area contributed by atoms with E-state index >= 15 is 0 Å². The number of fused-ring (bicyclic) bond motifs is 2. The van der Waals surface area contributed by atoms with Gasteiger partial charge in [-0.3, -0.25) is 0 Å². The lowest BCUT2D eigenvalue weighted by atomic mass is 10.1. The highest BCUT2D eigenvalue weighted by atomic mass is 15.2. The topological polar surface area (TPSA) is 75.9 Å². The molecule has 3 heterocycles. The molecule has 0 radical (unpaired) electrons. The largest absolute Gasteiger partial charge is 0.380 e. The summed E-state index contributed by atoms with van der Waals surface area (Å²) < 4.78 is 0. The molecule has 3 aromatic carbocycles. The first-order valence-electron chi connectivity index (χ1n) is 12.6. The van der Waals surface area contributed by atoms with E-state index in [1.54, 1.807) is 0 Å². The number of likely N-dealkylation sites (N-methyl/N-ethyl adjacent to an activating group) is 1. The van der Waals surface area contributed by atoms with Crippen molar-refractivity contribution in [2.24, 2.45) is 0 Å². The Morgan fingerprint density at radius 1 is 0.722 bits per heavy atom. The number of rotatable bonds is 4. The van der Waals surface area contributed by atoms with Crippen molar-refractivity contribution in [1.82, 2.24) is 24.8 Å². The quantitative estimate of drug-likeness (QED) is 0.307. The summed E-state index contributed by atoms with van der Waals surface area (Å²) in [5.74, 6) is 1.74. The molecular formula is C29H33N7. The number of H-pyrrole nitrogens is 2. The molecule has 1 fully saturated rings. The second kappa shape index (κ2) is 8.68. The summed E-state index contributed by atoms with van der Waals surface area (Å²) in [4.78, 5) is 21.5. The summed E-state index contributed by atoms with van der Waals surface area (Å²) in [5.41, 5.74) is 8.48. The number of anilines is 2. The number of nitrogens with one attached hydrogen (secondary N) is 3. The third-order valence-electron chi connectivity index (χ3n) is 6.77. The molecule has 0 unspecified atom stereocenters. The molecule has 1 aliphatic rings. The van der Waals surface area contributed by atoms with Crippen molar-refractivity contribution >= 4 is 33.4 Å². The van der Waals surface area contributed by atoms with E-state index in [0.717, 1.165) is 76.7 Å². The van der Waals surface area contributed by atoms with Crippen molar-refractivity contribution in [1.29, 1.82) is 0 Å². The molecule has 7 heteroatoms. The number of piperazine rings is 1. The van der Waals surface area contributed by atoms with E-state index < -0.39 is 0 Å². The minimum atomic E-state index is 0.0279. The molecule has 2 aromatic heterocycles. The molecule has 0 bridgehead atoms. The summed E-state index contributed by atoms with van der Waals surface area (Å²) in [5, 5.41) is 3.50. The van der Waals surface area contributed by atoms with Crippen molar-refractivity contribution < 1.29 is 0 Å². The number of hydrogen-bond donors (Lipinski definition) is 3. The minimum absolute atomic E-state index is 0.0279. The van der Waals surface area contributed by atoms with Crippen LogP contribution in [0.3, 0.4) is 0 Å². The second-order valence-electron chi connectivity index (χ2n) is 10.8. The van der Waals surface area contributed by atoms with Crippen LogP contribution >= 0.6 is 0 Å². The maximum absolute atomic E-state index is 4.87. The molecule has 0 spiro atoms. The molecule has 7 nitrogen and oxygen atoms in total. The predicted octanol–water partition coefficient (Wildman–Crippen LogP) is 5.74. The fraction of sp³-hybridized carbons (Fsp3) is 0.310. The van der Waals surface area contributed by atoms with Crippen LogP contribution < -0.4 is 10.2 Å². The van der Waals surface area contributed by atoms with Gasteiger partial charge in [-0.25, -0.2) is 9.97 Å². The normalized spacial score (nSPS) is 15.2. The summed E-state index contributed by atoms with van der Waals surface area (Å²) in [7, 11) is 2.18. The number of hydrogen-bond acceptors (Lipinski definition) is 5. The molecule has 36 heavy (non-hydrogen) atoms. The SMILES string of the molecule is CN1CCN(c2ccc3nc(-c4ccc5nc(-c6ccc(NC(C)(C)C)cc6)[nH]c5c4)[nH]c3c2)CC1. The van der Waals surface area contributed by atoms with Gasteiger partial charge in [0.05, 0.1) is 22.1 Å². The standard InChI is InChI=1S/C29H33N7/c1-29(2,3)34-21-8-5-19(6-9-21)27-30-23-11-7-20(17-25(23)32-27)28-31-24-12-10-22(18-26(24)33-28)36-15-13-35(4)14-16-36/h5-12,17-18,34H,13-16H2,1-4H3,(H,30,32)(H,31,33). The Kier molecular flexibility index (Phi) is 5.45. The van der Waals surface area contributed by atoms with Crippen LogP contribution in [0.2, 0.25) is 0 Å². The molecule has 3 N–H and O–H groups in total. The number of nitrogens with zero attached hydrogens (tertiary/aromatic N) is 4. The smallest absolute Gasteiger partial charge is 0.138 e. The Morgan fingerprint density at radius 2 is 1.31 bits per heavy atom. The third-order valence-corrected chi connectivity index (χ3v) is 6.77. The predicted molar refractivity (Wildman–Crippen MR) is 150 cm³/mol. The van der Waals surface area contributed by atoms with Gasteiger partial charge in [0, 0.05) is 54.2 Å². The van der Waals surface area contributed by atoms with E-state index in [9.17, 15) is 0 Å². The fourth-order valence-corrected chi connectivity index (χ4v) is 4.83. The number of imidazole rings is 2. The van der Waals surface area contributed by atoms with Crippen LogP contribution in [0.1, 0.15) is 20.8 Å². The van der Waals surface area contributed by atoms with E-state index in [4.69, 9.17) is 9.97 Å². The van der Waals surface area contributed by atoms with E-state index in [0.29, 0.717) is 0 Å². The van der Waals surface area contributed by atoms with Crippen LogP contribution in [0.4, 0.5) is 11.4 Å². The lowest BCUT2D eigenvalue weighted by Crippen LogP contribution is -2.44. The van der Waals surface area contributed by atoms with Crippen molar-refractivity contribution in [3.05, 3.63) is 60.7 Å². The Labute approximate surface area is 211 Å². The summed E-state index contributed by atoms with van der Waals surface area (Å²) >= 11 is 0. The van der Waals surface area contributed by atoms with Gasteiger partial charge < -0.3 is 25.1 Å². The molecule has 0 saturated carbocycles. The molecule has 0 amide bonds. The van der Waals surface area contributed by atoms with Gasteiger partial charge in [-0.1, -0.05) is 0 Å². The van der Waals surface area contributed by atoms with Crippen LogP contribution in [0.5, 0.6) is 0 Å². The Balaban J connectivity index is 1.26. The summed E-state index contributed by atoms with van der Waals surface area (Å²) in [6.45, 7) is 10.8. The first-order chi connectivity index (χ1) is 17.3.